The van der Waals surface area contributed by atoms with Gasteiger partial charge in [-0.25, -0.2) is 4.79 Å². The molecule has 1 aromatic rings. The smallest absolute Gasteiger partial charge is 0.414 e. The van der Waals surface area contributed by atoms with Crippen LogP contribution in [0.4, 0.5) is 4.79 Å². The second kappa shape index (κ2) is 5.53. The van der Waals surface area contributed by atoms with E-state index in [4.69, 9.17) is 4.74 Å². The number of nitrogens with zero attached hydrogens (tertiary/aromatic N) is 1. The van der Waals surface area contributed by atoms with Gasteiger partial charge in [0.15, 0.2) is 0 Å². The zero-order valence-electron chi connectivity index (χ0n) is 10.6. The molecule has 0 bridgehead atoms. The van der Waals surface area contributed by atoms with Gasteiger partial charge >= 0.3 is 6.09 Å². The van der Waals surface area contributed by atoms with E-state index in [1.165, 1.54) is 11.1 Å². The number of hydrogen-bond acceptors (Lipinski definition) is 2. The number of carbonyl (C=O) groups is 1. The zero-order valence-corrected chi connectivity index (χ0v) is 10.6. The third-order valence-corrected chi connectivity index (χ3v) is 2.04. The summed E-state index contributed by atoms with van der Waals surface area (Å²) in [4.78, 5) is 13.3. The Morgan fingerprint density at radius 1 is 1.35 bits per heavy atom. The molecule has 0 aromatic heterocycles. The number of ether oxygens (including phenoxy) is 1. The molecule has 1 aromatic carbocycles. The largest absolute Gasteiger partial charge is 0.443 e. The SMILES string of the molecule is C=CN(Cc1ccccc1)C(=O)OC(C)(C)C. The highest BCUT2D eigenvalue weighted by molar-refractivity contribution is 5.69. The lowest BCUT2D eigenvalue weighted by atomic mass is 10.2. The van der Waals surface area contributed by atoms with Crippen LogP contribution in [0.2, 0.25) is 0 Å². The molecule has 17 heavy (non-hydrogen) atoms. The molecule has 0 saturated heterocycles. The van der Waals surface area contributed by atoms with Crippen LogP contribution >= 0.6 is 0 Å². The van der Waals surface area contributed by atoms with Gasteiger partial charge in [-0.1, -0.05) is 36.9 Å². The molecule has 0 aliphatic rings. The Hall–Kier alpha value is -1.77. The fourth-order valence-electron chi connectivity index (χ4n) is 1.30. The van der Waals surface area contributed by atoms with Gasteiger partial charge in [0.1, 0.15) is 5.60 Å². The van der Waals surface area contributed by atoms with Crippen molar-refractivity contribution < 1.29 is 9.53 Å². The normalized spacial score (nSPS) is 10.8. The van der Waals surface area contributed by atoms with Crippen LogP contribution in [0.25, 0.3) is 0 Å². The first-order valence-electron chi connectivity index (χ1n) is 5.58. The van der Waals surface area contributed by atoms with Gasteiger partial charge in [0, 0.05) is 6.20 Å². The lowest BCUT2D eigenvalue weighted by Crippen LogP contribution is -2.33. The van der Waals surface area contributed by atoms with Crippen molar-refractivity contribution in [2.24, 2.45) is 0 Å². The number of hydrogen-bond donors (Lipinski definition) is 0. The van der Waals surface area contributed by atoms with E-state index in [1.807, 2.05) is 51.1 Å². The van der Waals surface area contributed by atoms with Gasteiger partial charge in [-0.2, -0.15) is 0 Å². The summed E-state index contributed by atoms with van der Waals surface area (Å²) in [6, 6.07) is 9.73. The second-order valence-corrected chi connectivity index (χ2v) is 4.78. The molecule has 0 fully saturated rings. The van der Waals surface area contributed by atoms with E-state index in [0.29, 0.717) is 6.54 Å². The molecule has 0 spiro atoms. The van der Waals surface area contributed by atoms with Crippen molar-refractivity contribution in [3.8, 4) is 0 Å². The van der Waals surface area contributed by atoms with Crippen LogP contribution in [0, 0.1) is 0 Å². The molecule has 0 atom stereocenters. The van der Waals surface area contributed by atoms with Crippen LogP contribution in [0.5, 0.6) is 0 Å². The average molecular weight is 233 g/mol. The van der Waals surface area contributed by atoms with Gasteiger partial charge in [-0.05, 0) is 26.3 Å². The highest BCUT2D eigenvalue weighted by Gasteiger charge is 2.20. The molecule has 1 amide bonds. The van der Waals surface area contributed by atoms with Crippen LogP contribution < -0.4 is 0 Å². The van der Waals surface area contributed by atoms with Crippen LogP contribution in [0.15, 0.2) is 43.1 Å². The lowest BCUT2D eigenvalue weighted by Gasteiger charge is -2.25. The van der Waals surface area contributed by atoms with Gasteiger partial charge < -0.3 is 4.74 Å². The van der Waals surface area contributed by atoms with Gasteiger partial charge in [-0.3, -0.25) is 4.90 Å². The van der Waals surface area contributed by atoms with E-state index < -0.39 is 5.60 Å². The predicted octanol–water partition coefficient (Wildman–Crippen LogP) is 3.57. The summed E-state index contributed by atoms with van der Waals surface area (Å²) in [7, 11) is 0. The molecule has 3 heteroatoms. The van der Waals surface area contributed by atoms with E-state index >= 15 is 0 Å². The van der Waals surface area contributed by atoms with Crippen LogP contribution in [0.3, 0.4) is 0 Å². The molecule has 0 aliphatic carbocycles. The molecule has 0 heterocycles. The Bertz CT molecular complexity index is 379. The average Bonchev–Trinajstić information content (AvgIpc) is 2.24. The summed E-state index contributed by atoms with van der Waals surface area (Å²) in [5, 5.41) is 0. The van der Waals surface area contributed by atoms with Crippen molar-refractivity contribution in [2.45, 2.75) is 32.9 Å². The molecule has 0 N–H and O–H groups in total. The minimum atomic E-state index is -0.491. The Kier molecular flexibility index (Phi) is 4.32. The highest BCUT2D eigenvalue weighted by atomic mass is 16.6. The van der Waals surface area contributed by atoms with Crippen molar-refractivity contribution in [1.82, 2.24) is 4.90 Å². The van der Waals surface area contributed by atoms with E-state index in [2.05, 4.69) is 6.58 Å². The number of benzene rings is 1. The summed E-state index contributed by atoms with van der Waals surface area (Å²) in [5.74, 6) is 0. The first kappa shape index (κ1) is 13.3. The molecular formula is C14H19NO2. The molecule has 1 rings (SSSR count). The Balaban J connectivity index is 2.66. The topological polar surface area (TPSA) is 29.5 Å². The Morgan fingerprint density at radius 2 is 1.94 bits per heavy atom. The van der Waals surface area contributed by atoms with Gasteiger partial charge in [-0.15, -0.1) is 0 Å². The minimum Gasteiger partial charge on any atom is -0.443 e. The number of rotatable bonds is 3. The first-order valence-corrected chi connectivity index (χ1v) is 5.58. The summed E-state index contributed by atoms with van der Waals surface area (Å²) >= 11 is 0. The number of amides is 1. The molecular weight excluding hydrogens is 214 g/mol. The number of carbonyl (C=O) groups excluding carboxylic acids is 1. The maximum atomic E-state index is 11.8. The Morgan fingerprint density at radius 3 is 2.41 bits per heavy atom. The highest BCUT2D eigenvalue weighted by Crippen LogP contribution is 2.12. The molecule has 92 valence electrons. The van der Waals surface area contributed by atoms with Crippen molar-refractivity contribution in [3.05, 3.63) is 48.7 Å². The van der Waals surface area contributed by atoms with E-state index in [9.17, 15) is 4.79 Å². The third kappa shape index (κ3) is 4.72. The van der Waals surface area contributed by atoms with E-state index in [1.54, 1.807) is 0 Å². The van der Waals surface area contributed by atoms with Gasteiger partial charge in [0.2, 0.25) is 0 Å². The lowest BCUT2D eigenvalue weighted by molar-refractivity contribution is 0.0324. The minimum absolute atomic E-state index is 0.378. The molecule has 0 saturated carbocycles. The van der Waals surface area contributed by atoms with Gasteiger partial charge in [0.05, 0.1) is 6.54 Å². The maximum absolute atomic E-state index is 11.8. The molecule has 0 unspecified atom stereocenters. The summed E-state index contributed by atoms with van der Waals surface area (Å²) in [5.41, 5.74) is 0.549. The quantitative estimate of drug-likeness (QED) is 0.798. The van der Waals surface area contributed by atoms with Crippen LogP contribution in [-0.4, -0.2) is 16.6 Å². The fourth-order valence-corrected chi connectivity index (χ4v) is 1.30. The second-order valence-electron chi connectivity index (χ2n) is 4.78. The van der Waals surface area contributed by atoms with Crippen LogP contribution in [-0.2, 0) is 11.3 Å². The summed E-state index contributed by atoms with van der Waals surface area (Å²) in [6.45, 7) is 9.63. The molecule has 0 radical (unpaired) electrons. The van der Waals surface area contributed by atoms with Crippen molar-refractivity contribution in [2.75, 3.05) is 0 Å². The first-order chi connectivity index (χ1) is 7.92. The van der Waals surface area contributed by atoms with Crippen LogP contribution in [0.1, 0.15) is 26.3 Å². The molecule has 3 nitrogen and oxygen atoms in total. The predicted molar refractivity (Wildman–Crippen MR) is 68.4 cm³/mol. The van der Waals surface area contributed by atoms with Crippen molar-refractivity contribution >= 4 is 6.09 Å². The maximum Gasteiger partial charge on any atom is 0.414 e. The van der Waals surface area contributed by atoms with E-state index in [-0.39, 0.29) is 6.09 Å². The fraction of sp³-hybridized carbons (Fsp3) is 0.357. The molecule has 0 aliphatic heterocycles. The monoisotopic (exact) mass is 233 g/mol. The van der Waals surface area contributed by atoms with E-state index in [0.717, 1.165) is 5.56 Å². The zero-order chi connectivity index (χ0) is 12.9. The van der Waals surface area contributed by atoms with Gasteiger partial charge in [0.25, 0.3) is 0 Å². The van der Waals surface area contributed by atoms with Crippen molar-refractivity contribution in [1.29, 1.82) is 0 Å². The Labute approximate surface area is 103 Å². The standard InChI is InChI=1S/C14H19NO2/c1-5-15(13(16)17-14(2,3)4)11-12-9-7-6-8-10-12/h5-10H,1,11H2,2-4H3. The van der Waals surface area contributed by atoms with Crippen molar-refractivity contribution in [3.63, 3.8) is 0 Å². The summed E-state index contributed by atoms with van der Waals surface area (Å²) < 4.78 is 5.28. The third-order valence-electron chi connectivity index (χ3n) is 2.04. The summed E-state index contributed by atoms with van der Waals surface area (Å²) in [6.07, 6.45) is 1.11.